The number of aliphatic imine (C=N–C) groups is 1. The van der Waals surface area contributed by atoms with E-state index in [1.165, 1.54) is 5.56 Å². The summed E-state index contributed by atoms with van der Waals surface area (Å²) < 4.78 is 5.97. The van der Waals surface area contributed by atoms with Crippen molar-refractivity contribution in [2.45, 2.75) is 25.4 Å². The van der Waals surface area contributed by atoms with Gasteiger partial charge in [-0.2, -0.15) is 0 Å². The van der Waals surface area contributed by atoms with Crippen molar-refractivity contribution in [3.05, 3.63) is 65.7 Å². The third-order valence-corrected chi connectivity index (χ3v) is 4.52. The number of aliphatic hydroxyl groups is 1. The Morgan fingerprint density at radius 3 is 2.59 bits per heavy atom. The van der Waals surface area contributed by atoms with Crippen LogP contribution in [-0.4, -0.2) is 43.4 Å². The summed E-state index contributed by atoms with van der Waals surface area (Å²) in [4.78, 5) is 4.65. The Morgan fingerprint density at radius 1 is 1.15 bits per heavy atom. The summed E-state index contributed by atoms with van der Waals surface area (Å²) >= 11 is 0. The average molecular weight is 481 g/mol. The predicted octanol–water partition coefficient (Wildman–Crippen LogP) is 2.94. The number of rotatable bonds is 7. The molecule has 3 N–H and O–H groups in total. The van der Waals surface area contributed by atoms with Crippen molar-refractivity contribution in [3.63, 3.8) is 0 Å². The van der Waals surface area contributed by atoms with Crippen molar-refractivity contribution in [1.82, 2.24) is 10.6 Å². The van der Waals surface area contributed by atoms with Gasteiger partial charge >= 0.3 is 0 Å². The number of nitrogens with one attached hydrogen (secondary N) is 2. The molecule has 0 saturated carbocycles. The quantitative estimate of drug-likeness (QED) is 0.323. The molecule has 0 radical (unpaired) electrons. The molecule has 2 unspecified atom stereocenters. The van der Waals surface area contributed by atoms with E-state index in [9.17, 15) is 5.11 Å². The number of guanidine groups is 1. The molecule has 0 fully saturated rings. The molecule has 5 nitrogen and oxygen atoms in total. The Hall–Kier alpha value is -1.80. The van der Waals surface area contributed by atoms with Crippen LogP contribution < -0.4 is 15.4 Å². The molecule has 2 aromatic carbocycles. The predicted molar refractivity (Wildman–Crippen MR) is 120 cm³/mol. The van der Waals surface area contributed by atoms with Crippen molar-refractivity contribution in [2.75, 3.05) is 26.2 Å². The van der Waals surface area contributed by atoms with E-state index in [-0.39, 0.29) is 42.6 Å². The highest BCUT2D eigenvalue weighted by atomic mass is 127. The maximum atomic E-state index is 9.69. The molecule has 2 aromatic rings. The van der Waals surface area contributed by atoms with Gasteiger partial charge < -0.3 is 20.5 Å². The minimum absolute atomic E-state index is 0. The van der Waals surface area contributed by atoms with Gasteiger partial charge in [0.1, 0.15) is 11.9 Å². The number of fused-ring (bicyclic) bond motifs is 1. The lowest BCUT2D eigenvalue weighted by atomic mass is 10.0. The molecule has 2 atom stereocenters. The first-order valence-electron chi connectivity index (χ1n) is 9.22. The molecule has 146 valence electrons. The van der Waals surface area contributed by atoms with E-state index in [0.717, 1.165) is 30.2 Å². The van der Waals surface area contributed by atoms with Gasteiger partial charge in [0, 0.05) is 18.9 Å². The lowest BCUT2D eigenvalue weighted by Crippen LogP contribution is -2.42. The van der Waals surface area contributed by atoms with Gasteiger partial charge in [0.15, 0.2) is 5.96 Å². The number of hydrogen-bond acceptors (Lipinski definition) is 3. The SMILES string of the molecule is CCNC(=NCC(CO)c1ccccc1)NCC1Cc2ccccc2O1.I. The van der Waals surface area contributed by atoms with Crippen LogP contribution in [0.3, 0.4) is 0 Å². The summed E-state index contributed by atoms with van der Waals surface area (Å²) in [6.45, 7) is 4.12. The summed E-state index contributed by atoms with van der Waals surface area (Å²) in [5, 5.41) is 16.3. The molecule has 27 heavy (non-hydrogen) atoms. The molecule has 1 aliphatic heterocycles. The number of nitrogens with zero attached hydrogens (tertiary/aromatic N) is 1. The molecule has 6 heteroatoms. The maximum Gasteiger partial charge on any atom is 0.191 e. The van der Waals surface area contributed by atoms with Crippen LogP contribution in [0, 0.1) is 0 Å². The maximum absolute atomic E-state index is 9.69. The lowest BCUT2D eigenvalue weighted by molar-refractivity contribution is 0.234. The van der Waals surface area contributed by atoms with Crippen LogP contribution in [0.1, 0.15) is 24.0 Å². The van der Waals surface area contributed by atoms with Gasteiger partial charge in [-0.3, -0.25) is 4.99 Å². The van der Waals surface area contributed by atoms with E-state index >= 15 is 0 Å². The summed E-state index contributed by atoms with van der Waals surface area (Å²) in [5.74, 6) is 1.73. The molecule has 1 heterocycles. The zero-order valence-electron chi connectivity index (χ0n) is 15.6. The normalized spacial score (nSPS) is 16.7. The molecule has 3 rings (SSSR count). The van der Waals surface area contributed by atoms with Gasteiger partial charge in [0.25, 0.3) is 0 Å². The zero-order valence-corrected chi connectivity index (χ0v) is 17.9. The molecular weight excluding hydrogens is 453 g/mol. The second kappa shape index (κ2) is 11.1. The Kier molecular flexibility index (Phi) is 8.87. The smallest absolute Gasteiger partial charge is 0.191 e. The summed E-state index contributed by atoms with van der Waals surface area (Å²) in [7, 11) is 0. The minimum Gasteiger partial charge on any atom is -0.488 e. The Morgan fingerprint density at radius 2 is 1.89 bits per heavy atom. The standard InChI is InChI=1S/C21H27N3O2.HI/c1-2-22-21(23-13-18(15-25)16-8-4-3-5-9-16)24-14-19-12-17-10-6-7-11-20(17)26-19;/h3-11,18-19,25H,2,12-15H2,1H3,(H2,22,23,24);1H. The van der Waals surface area contributed by atoms with Gasteiger partial charge in [0.2, 0.25) is 0 Å². The van der Waals surface area contributed by atoms with Crippen molar-refractivity contribution in [2.24, 2.45) is 4.99 Å². The molecule has 1 aliphatic rings. The Bertz CT molecular complexity index is 699. The number of para-hydroxylation sites is 1. The van der Waals surface area contributed by atoms with Gasteiger partial charge in [-0.25, -0.2) is 0 Å². The monoisotopic (exact) mass is 481 g/mol. The van der Waals surface area contributed by atoms with Crippen LogP contribution in [0.5, 0.6) is 5.75 Å². The van der Waals surface area contributed by atoms with Crippen LogP contribution >= 0.6 is 24.0 Å². The lowest BCUT2D eigenvalue weighted by Gasteiger charge is -2.17. The highest BCUT2D eigenvalue weighted by Crippen LogP contribution is 2.27. The molecule has 0 amide bonds. The van der Waals surface area contributed by atoms with Gasteiger partial charge in [-0.05, 0) is 24.1 Å². The third-order valence-electron chi connectivity index (χ3n) is 4.52. The summed E-state index contributed by atoms with van der Waals surface area (Å²) in [5.41, 5.74) is 2.36. The number of benzene rings is 2. The van der Waals surface area contributed by atoms with Crippen molar-refractivity contribution >= 4 is 29.9 Å². The summed E-state index contributed by atoms with van der Waals surface area (Å²) in [6, 6.07) is 18.2. The first-order chi connectivity index (χ1) is 12.8. The fourth-order valence-electron chi connectivity index (χ4n) is 3.12. The van der Waals surface area contributed by atoms with Gasteiger partial charge in [-0.1, -0.05) is 48.5 Å². The van der Waals surface area contributed by atoms with Crippen LogP contribution in [0.4, 0.5) is 0 Å². The van der Waals surface area contributed by atoms with Gasteiger partial charge in [0.05, 0.1) is 19.7 Å². The average Bonchev–Trinajstić information content (AvgIpc) is 3.10. The van der Waals surface area contributed by atoms with Crippen LogP contribution in [-0.2, 0) is 6.42 Å². The van der Waals surface area contributed by atoms with Crippen LogP contribution in [0.2, 0.25) is 0 Å². The second-order valence-electron chi connectivity index (χ2n) is 6.44. The number of aliphatic hydroxyl groups excluding tert-OH is 1. The molecule has 0 aromatic heterocycles. The van der Waals surface area contributed by atoms with Crippen molar-refractivity contribution in [3.8, 4) is 5.75 Å². The van der Waals surface area contributed by atoms with E-state index in [0.29, 0.717) is 13.1 Å². The second-order valence-corrected chi connectivity index (χ2v) is 6.44. The van der Waals surface area contributed by atoms with Gasteiger partial charge in [-0.15, -0.1) is 24.0 Å². The number of halogens is 1. The topological polar surface area (TPSA) is 65.9 Å². The molecular formula is C21H28IN3O2. The van der Waals surface area contributed by atoms with Crippen molar-refractivity contribution in [1.29, 1.82) is 0 Å². The fourth-order valence-corrected chi connectivity index (χ4v) is 3.12. The fraction of sp³-hybridized carbons (Fsp3) is 0.381. The van der Waals surface area contributed by atoms with E-state index < -0.39 is 0 Å². The van der Waals surface area contributed by atoms with E-state index in [1.807, 2.05) is 55.5 Å². The largest absolute Gasteiger partial charge is 0.488 e. The minimum atomic E-state index is -0.00126. The molecule has 0 spiro atoms. The third kappa shape index (κ3) is 6.10. The molecule has 0 bridgehead atoms. The Labute approximate surface area is 178 Å². The highest BCUT2D eigenvalue weighted by Gasteiger charge is 2.22. The highest BCUT2D eigenvalue weighted by molar-refractivity contribution is 14.0. The van der Waals surface area contributed by atoms with Crippen LogP contribution in [0.15, 0.2) is 59.6 Å². The zero-order chi connectivity index (χ0) is 18.2. The first kappa shape index (κ1) is 21.5. The van der Waals surface area contributed by atoms with Crippen molar-refractivity contribution < 1.29 is 9.84 Å². The van der Waals surface area contributed by atoms with E-state index in [2.05, 4.69) is 21.7 Å². The summed E-state index contributed by atoms with van der Waals surface area (Å²) in [6.07, 6.45) is 1.02. The Balaban J connectivity index is 0.00000261. The van der Waals surface area contributed by atoms with E-state index in [4.69, 9.17) is 4.74 Å². The van der Waals surface area contributed by atoms with E-state index in [1.54, 1.807) is 0 Å². The molecule has 0 saturated heterocycles. The first-order valence-corrected chi connectivity index (χ1v) is 9.22. The molecule has 0 aliphatic carbocycles. The number of hydrogen-bond donors (Lipinski definition) is 3. The number of ether oxygens (including phenoxy) is 1. The van der Waals surface area contributed by atoms with Crippen LogP contribution in [0.25, 0.3) is 0 Å².